The lowest BCUT2D eigenvalue weighted by Gasteiger charge is -2.16. The molecule has 29 heavy (non-hydrogen) atoms. The Morgan fingerprint density at radius 3 is 2.17 bits per heavy atom. The number of alkyl halides is 3. The molecule has 2 aromatic carbocycles. The summed E-state index contributed by atoms with van der Waals surface area (Å²) in [5.41, 5.74) is 0.747. The number of nitrogens with zero attached hydrogens (tertiary/aromatic N) is 2. The van der Waals surface area contributed by atoms with Crippen LogP contribution in [0.3, 0.4) is 0 Å². The van der Waals surface area contributed by atoms with Crippen LogP contribution in [0.15, 0.2) is 48.7 Å². The van der Waals surface area contributed by atoms with Crippen molar-refractivity contribution in [2.24, 2.45) is 0 Å². The van der Waals surface area contributed by atoms with Gasteiger partial charge in [0, 0.05) is 10.7 Å². The standard InChI is InChI=1S/C21H19ClF3N3O/c1-3-13-6-5-7-14(4-2)18(13)27-20(29)17-12-26-28(19(17)21(23,24)25)16-10-8-15(22)9-11-16/h5-12H,3-4H2,1-2H3,(H,27,29). The smallest absolute Gasteiger partial charge is 0.321 e. The van der Waals surface area contributed by atoms with Crippen LogP contribution >= 0.6 is 11.6 Å². The van der Waals surface area contributed by atoms with Gasteiger partial charge in [0.15, 0.2) is 5.69 Å². The van der Waals surface area contributed by atoms with Gasteiger partial charge in [-0.25, -0.2) is 4.68 Å². The Morgan fingerprint density at radius 1 is 1.07 bits per heavy atom. The molecule has 1 N–H and O–H groups in total. The predicted molar refractivity (Wildman–Crippen MR) is 107 cm³/mol. The topological polar surface area (TPSA) is 46.9 Å². The van der Waals surface area contributed by atoms with Crippen molar-refractivity contribution in [2.75, 3.05) is 5.32 Å². The van der Waals surface area contributed by atoms with E-state index in [0.717, 1.165) is 17.3 Å². The zero-order valence-electron chi connectivity index (χ0n) is 15.8. The van der Waals surface area contributed by atoms with E-state index in [2.05, 4.69) is 10.4 Å². The Hall–Kier alpha value is -2.80. The van der Waals surface area contributed by atoms with Gasteiger partial charge in [0.1, 0.15) is 0 Å². The first-order chi connectivity index (χ1) is 13.8. The fourth-order valence-corrected chi connectivity index (χ4v) is 3.28. The average Bonchev–Trinajstić information content (AvgIpc) is 3.14. The summed E-state index contributed by atoms with van der Waals surface area (Å²) < 4.78 is 42.2. The van der Waals surface area contributed by atoms with Crippen molar-refractivity contribution in [3.63, 3.8) is 0 Å². The molecule has 0 atom stereocenters. The minimum absolute atomic E-state index is 0.156. The SMILES string of the molecule is CCc1cccc(CC)c1NC(=O)c1cnn(-c2ccc(Cl)cc2)c1C(F)(F)F. The first kappa shape index (κ1) is 20.9. The molecule has 0 saturated heterocycles. The number of aromatic nitrogens is 2. The molecule has 8 heteroatoms. The third-order valence-corrected chi connectivity index (χ3v) is 4.84. The molecule has 0 radical (unpaired) electrons. The Kier molecular flexibility index (Phi) is 5.98. The number of halogens is 4. The normalized spacial score (nSPS) is 11.5. The van der Waals surface area contributed by atoms with Gasteiger partial charge in [-0.05, 0) is 48.2 Å². The van der Waals surface area contributed by atoms with Crippen LogP contribution in [0.4, 0.5) is 18.9 Å². The predicted octanol–water partition coefficient (Wildman–Crippen LogP) is 5.92. The monoisotopic (exact) mass is 421 g/mol. The molecule has 0 bridgehead atoms. The molecule has 0 aliphatic rings. The van der Waals surface area contributed by atoms with Gasteiger partial charge in [-0.3, -0.25) is 4.79 Å². The summed E-state index contributed by atoms with van der Waals surface area (Å²) in [6.45, 7) is 3.84. The van der Waals surface area contributed by atoms with Crippen LogP contribution in [-0.4, -0.2) is 15.7 Å². The van der Waals surface area contributed by atoms with E-state index in [-0.39, 0.29) is 5.69 Å². The van der Waals surface area contributed by atoms with E-state index < -0.39 is 23.3 Å². The van der Waals surface area contributed by atoms with Crippen LogP contribution in [0.25, 0.3) is 5.69 Å². The van der Waals surface area contributed by atoms with E-state index in [1.54, 1.807) is 0 Å². The Bertz CT molecular complexity index is 1000. The van der Waals surface area contributed by atoms with E-state index in [9.17, 15) is 18.0 Å². The summed E-state index contributed by atoms with van der Waals surface area (Å²) in [7, 11) is 0. The maximum Gasteiger partial charge on any atom is 0.434 e. The molecule has 1 amide bonds. The van der Waals surface area contributed by atoms with E-state index >= 15 is 0 Å². The van der Waals surface area contributed by atoms with Gasteiger partial charge in [0.25, 0.3) is 5.91 Å². The van der Waals surface area contributed by atoms with Gasteiger partial charge in [-0.1, -0.05) is 43.6 Å². The highest BCUT2D eigenvalue weighted by Gasteiger charge is 2.40. The second kappa shape index (κ2) is 8.29. The highest BCUT2D eigenvalue weighted by atomic mass is 35.5. The lowest BCUT2D eigenvalue weighted by molar-refractivity contribution is -0.143. The molecule has 0 spiro atoms. The van der Waals surface area contributed by atoms with Crippen LogP contribution in [0.5, 0.6) is 0 Å². The summed E-state index contributed by atoms with van der Waals surface area (Å²) in [4.78, 5) is 12.8. The minimum atomic E-state index is -4.78. The maximum atomic E-state index is 13.8. The highest BCUT2D eigenvalue weighted by Crippen LogP contribution is 2.34. The van der Waals surface area contributed by atoms with Crippen LogP contribution in [0.2, 0.25) is 5.02 Å². The van der Waals surface area contributed by atoms with E-state index in [0.29, 0.717) is 28.2 Å². The second-order valence-corrected chi connectivity index (χ2v) is 6.84. The van der Waals surface area contributed by atoms with Gasteiger partial charge in [0.2, 0.25) is 0 Å². The number of nitrogens with one attached hydrogen (secondary N) is 1. The van der Waals surface area contributed by atoms with Crippen LogP contribution < -0.4 is 5.32 Å². The number of rotatable bonds is 5. The second-order valence-electron chi connectivity index (χ2n) is 6.41. The van der Waals surface area contributed by atoms with Crippen molar-refractivity contribution >= 4 is 23.2 Å². The first-order valence-electron chi connectivity index (χ1n) is 9.09. The molecule has 4 nitrogen and oxygen atoms in total. The van der Waals surface area contributed by atoms with Gasteiger partial charge >= 0.3 is 6.18 Å². The van der Waals surface area contributed by atoms with Crippen molar-refractivity contribution in [3.8, 4) is 5.69 Å². The number of benzene rings is 2. The molecule has 1 aromatic heterocycles. The third-order valence-electron chi connectivity index (χ3n) is 4.59. The average molecular weight is 422 g/mol. The van der Waals surface area contributed by atoms with Crippen molar-refractivity contribution in [1.82, 2.24) is 9.78 Å². The molecule has 3 rings (SSSR count). The zero-order chi connectivity index (χ0) is 21.2. The van der Waals surface area contributed by atoms with Gasteiger partial charge in [-0.15, -0.1) is 0 Å². The summed E-state index contributed by atoms with van der Waals surface area (Å²) >= 11 is 5.82. The Balaban J connectivity index is 2.06. The fraction of sp³-hybridized carbons (Fsp3) is 0.238. The largest absolute Gasteiger partial charge is 0.434 e. The molecule has 0 aliphatic heterocycles. The highest BCUT2D eigenvalue weighted by molar-refractivity contribution is 6.30. The number of hydrogen-bond acceptors (Lipinski definition) is 2. The van der Waals surface area contributed by atoms with E-state index in [1.165, 1.54) is 24.3 Å². The quantitative estimate of drug-likeness (QED) is 0.555. The first-order valence-corrected chi connectivity index (χ1v) is 9.47. The number of aryl methyl sites for hydroxylation is 2. The van der Waals surface area contributed by atoms with Crippen LogP contribution in [0.1, 0.15) is 41.0 Å². The molecular weight excluding hydrogens is 403 g/mol. The van der Waals surface area contributed by atoms with Crippen molar-refractivity contribution in [3.05, 3.63) is 76.1 Å². The van der Waals surface area contributed by atoms with Crippen molar-refractivity contribution in [2.45, 2.75) is 32.9 Å². The summed E-state index contributed by atoms with van der Waals surface area (Å²) in [6.07, 6.45) is -2.56. The summed E-state index contributed by atoms with van der Waals surface area (Å²) in [5.74, 6) is -0.854. The zero-order valence-corrected chi connectivity index (χ0v) is 16.6. The minimum Gasteiger partial charge on any atom is -0.321 e. The Labute approximate surface area is 171 Å². The van der Waals surface area contributed by atoms with Gasteiger partial charge in [0.05, 0.1) is 17.4 Å². The molecule has 0 fully saturated rings. The number of hydrogen-bond donors (Lipinski definition) is 1. The van der Waals surface area contributed by atoms with Crippen molar-refractivity contribution < 1.29 is 18.0 Å². The molecule has 152 valence electrons. The third kappa shape index (κ3) is 4.29. The number of para-hydroxylation sites is 1. The fourth-order valence-electron chi connectivity index (χ4n) is 3.15. The van der Waals surface area contributed by atoms with E-state index in [4.69, 9.17) is 11.6 Å². The van der Waals surface area contributed by atoms with Crippen molar-refractivity contribution in [1.29, 1.82) is 0 Å². The van der Waals surface area contributed by atoms with E-state index in [1.807, 2.05) is 32.0 Å². The maximum absolute atomic E-state index is 13.8. The number of carbonyl (C=O) groups excluding carboxylic acids is 1. The lowest BCUT2D eigenvalue weighted by Crippen LogP contribution is -2.21. The Morgan fingerprint density at radius 2 is 1.66 bits per heavy atom. The lowest BCUT2D eigenvalue weighted by atomic mass is 10.0. The number of amides is 1. The van der Waals surface area contributed by atoms with Crippen LogP contribution in [-0.2, 0) is 19.0 Å². The summed E-state index contributed by atoms with van der Waals surface area (Å²) in [5, 5.41) is 6.88. The van der Waals surface area contributed by atoms with Gasteiger partial charge in [-0.2, -0.15) is 18.3 Å². The molecule has 3 aromatic rings. The summed E-state index contributed by atoms with van der Waals surface area (Å²) in [6, 6.07) is 11.3. The molecule has 1 heterocycles. The number of anilines is 1. The number of carbonyl (C=O) groups is 1. The molecule has 0 saturated carbocycles. The van der Waals surface area contributed by atoms with Crippen LogP contribution in [0, 0.1) is 0 Å². The molecule has 0 unspecified atom stereocenters. The van der Waals surface area contributed by atoms with Gasteiger partial charge < -0.3 is 5.32 Å². The molecular formula is C21H19ClF3N3O. The molecule has 0 aliphatic carbocycles.